The van der Waals surface area contributed by atoms with Gasteiger partial charge in [0.15, 0.2) is 5.96 Å². The number of nitrogens with one attached hydrogen (secondary N) is 1. The van der Waals surface area contributed by atoms with E-state index in [1.807, 2.05) is 30.3 Å². The molecule has 2 aromatic rings. The van der Waals surface area contributed by atoms with E-state index in [9.17, 15) is 4.21 Å². The minimum Gasteiger partial charge on any atom is -0.357 e. The Labute approximate surface area is 179 Å². The van der Waals surface area contributed by atoms with E-state index in [2.05, 4.69) is 38.3 Å². The molecule has 1 aromatic carbocycles. The van der Waals surface area contributed by atoms with Gasteiger partial charge < -0.3 is 15.1 Å². The van der Waals surface area contributed by atoms with Crippen LogP contribution in [0, 0.1) is 0 Å². The number of guanidine groups is 1. The van der Waals surface area contributed by atoms with Crippen LogP contribution in [0.25, 0.3) is 0 Å². The summed E-state index contributed by atoms with van der Waals surface area (Å²) in [6.07, 6.45) is 0.874. The molecule has 1 saturated heterocycles. The highest BCUT2D eigenvalue weighted by Crippen LogP contribution is 2.19. The first-order valence-electron chi connectivity index (χ1n) is 10.2. The Morgan fingerprint density at radius 2 is 1.97 bits per heavy atom. The zero-order valence-corrected chi connectivity index (χ0v) is 18.8. The number of nitrogens with zero attached hydrogens (tertiary/aromatic N) is 5. The van der Waals surface area contributed by atoms with E-state index in [-0.39, 0.29) is 0 Å². The lowest BCUT2D eigenvalue weighted by atomic mass is 10.2. The molecule has 0 saturated carbocycles. The van der Waals surface area contributed by atoms with Gasteiger partial charge in [0, 0.05) is 73.0 Å². The maximum Gasteiger partial charge on any atom is 0.205 e. The third-order valence-corrected chi connectivity index (χ3v) is 6.82. The van der Waals surface area contributed by atoms with Crippen molar-refractivity contribution in [3.05, 3.63) is 41.7 Å². The van der Waals surface area contributed by atoms with E-state index in [4.69, 9.17) is 4.99 Å². The minimum atomic E-state index is -0.901. The molecule has 0 spiro atoms. The van der Waals surface area contributed by atoms with Crippen molar-refractivity contribution in [2.75, 3.05) is 49.9 Å². The molecule has 0 radical (unpaired) electrons. The molecule has 158 valence electrons. The highest BCUT2D eigenvalue weighted by Gasteiger charge is 2.22. The summed E-state index contributed by atoms with van der Waals surface area (Å²) < 4.78 is 16.7. The predicted molar refractivity (Wildman–Crippen MR) is 122 cm³/mol. The Bertz CT molecular complexity index is 802. The molecule has 2 heterocycles. The number of aryl methyl sites for hydroxylation is 1. The van der Waals surface area contributed by atoms with Crippen molar-refractivity contribution in [2.45, 2.75) is 26.0 Å². The van der Waals surface area contributed by atoms with Gasteiger partial charge in [-0.3, -0.25) is 9.20 Å². The second-order valence-corrected chi connectivity index (χ2v) is 9.14. The van der Waals surface area contributed by atoms with Crippen molar-refractivity contribution in [2.24, 2.45) is 4.99 Å². The molecule has 29 heavy (non-hydrogen) atoms. The van der Waals surface area contributed by atoms with Gasteiger partial charge in [-0.15, -0.1) is 0 Å². The van der Waals surface area contributed by atoms with Crippen LogP contribution in [0.1, 0.15) is 25.2 Å². The van der Waals surface area contributed by atoms with E-state index >= 15 is 0 Å². The van der Waals surface area contributed by atoms with Gasteiger partial charge in [-0.2, -0.15) is 4.37 Å². The van der Waals surface area contributed by atoms with E-state index in [0.29, 0.717) is 18.1 Å². The number of aliphatic imine (C=N–C) groups is 1. The monoisotopic (exact) mass is 434 g/mol. The number of rotatable bonds is 8. The van der Waals surface area contributed by atoms with Crippen LogP contribution in [0.5, 0.6) is 0 Å². The highest BCUT2D eigenvalue weighted by molar-refractivity contribution is 7.84. The number of hydrogen-bond donors (Lipinski definition) is 1. The quantitative estimate of drug-likeness (QED) is 0.507. The Balaban J connectivity index is 1.49. The molecule has 1 fully saturated rings. The second-order valence-electron chi connectivity index (χ2n) is 6.83. The Kier molecular flexibility index (Phi) is 8.42. The van der Waals surface area contributed by atoms with Crippen molar-refractivity contribution in [3.8, 4) is 0 Å². The summed E-state index contributed by atoms with van der Waals surface area (Å²) in [6.45, 7) is 9.13. The lowest BCUT2D eigenvalue weighted by Gasteiger charge is -2.36. The standard InChI is InChI=1S/C20H30N6OS2/c1-3-18-23-20(28-24-18)26-13-11-25(12-14-26)19(21-4-2)22-10-15-29(27)16-17-8-6-5-7-9-17/h5-9H,3-4,10-16H2,1-2H3,(H,21,22). The van der Waals surface area contributed by atoms with Gasteiger partial charge in [0.2, 0.25) is 5.13 Å². The number of anilines is 1. The lowest BCUT2D eigenvalue weighted by Crippen LogP contribution is -2.52. The molecule has 1 atom stereocenters. The maximum atomic E-state index is 12.3. The summed E-state index contributed by atoms with van der Waals surface area (Å²) in [5.74, 6) is 3.00. The summed E-state index contributed by atoms with van der Waals surface area (Å²) in [5.41, 5.74) is 1.11. The summed E-state index contributed by atoms with van der Waals surface area (Å²) in [4.78, 5) is 13.9. The lowest BCUT2D eigenvalue weighted by molar-refractivity contribution is 0.372. The fourth-order valence-corrected chi connectivity index (χ4v) is 4.94. The van der Waals surface area contributed by atoms with Crippen molar-refractivity contribution in [3.63, 3.8) is 0 Å². The first-order chi connectivity index (χ1) is 14.2. The molecule has 1 unspecified atom stereocenters. The number of aromatic nitrogens is 2. The average molecular weight is 435 g/mol. The summed E-state index contributed by atoms with van der Waals surface area (Å²) in [5, 5.41) is 4.39. The van der Waals surface area contributed by atoms with Crippen molar-refractivity contribution >= 4 is 33.4 Å². The van der Waals surface area contributed by atoms with Gasteiger partial charge in [-0.1, -0.05) is 37.3 Å². The van der Waals surface area contributed by atoms with Gasteiger partial charge in [0.05, 0.1) is 6.54 Å². The molecular formula is C20H30N6OS2. The number of piperazine rings is 1. The first-order valence-corrected chi connectivity index (χ1v) is 12.5. The maximum absolute atomic E-state index is 12.3. The van der Waals surface area contributed by atoms with Crippen LogP contribution in [0.2, 0.25) is 0 Å². The smallest absolute Gasteiger partial charge is 0.205 e. The van der Waals surface area contributed by atoms with Crippen LogP contribution in [-0.2, 0) is 23.0 Å². The van der Waals surface area contributed by atoms with Gasteiger partial charge in [0.25, 0.3) is 0 Å². The second kappa shape index (κ2) is 11.3. The molecule has 0 aliphatic carbocycles. The summed E-state index contributed by atoms with van der Waals surface area (Å²) >= 11 is 1.48. The fraction of sp³-hybridized carbons (Fsp3) is 0.550. The van der Waals surface area contributed by atoms with Gasteiger partial charge in [-0.05, 0) is 12.5 Å². The normalized spacial score (nSPS) is 16.1. The molecule has 7 nitrogen and oxygen atoms in total. The number of benzene rings is 1. The van der Waals surface area contributed by atoms with Crippen molar-refractivity contribution < 1.29 is 4.21 Å². The summed E-state index contributed by atoms with van der Waals surface area (Å²) in [6, 6.07) is 9.99. The Morgan fingerprint density at radius 1 is 1.21 bits per heavy atom. The number of hydrogen-bond acceptors (Lipinski definition) is 6. The highest BCUT2D eigenvalue weighted by atomic mass is 32.2. The van der Waals surface area contributed by atoms with Crippen LogP contribution >= 0.6 is 11.5 Å². The van der Waals surface area contributed by atoms with E-state index in [0.717, 1.165) is 61.6 Å². The molecule has 1 aromatic heterocycles. The molecule has 3 rings (SSSR count). The van der Waals surface area contributed by atoms with Gasteiger partial charge in [0.1, 0.15) is 5.82 Å². The third-order valence-electron chi connectivity index (χ3n) is 4.71. The van der Waals surface area contributed by atoms with Crippen molar-refractivity contribution in [1.82, 2.24) is 19.6 Å². The van der Waals surface area contributed by atoms with E-state index in [1.165, 1.54) is 11.5 Å². The van der Waals surface area contributed by atoms with Crippen LogP contribution in [0.4, 0.5) is 5.13 Å². The molecule has 1 aliphatic heterocycles. The molecular weight excluding hydrogens is 404 g/mol. The largest absolute Gasteiger partial charge is 0.357 e. The average Bonchev–Trinajstić information content (AvgIpc) is 3.23. The molecule has 9 heteroatoms. The SMILES string of the molecule is CCNC(=NCCS(=O)Cc1ccccc1)N1CCN(c2nc(CC)ns2)CC1. The van der Waals surface area contributed by atoms with E-state index in [1.54, 1.807) is 0 Å². The first kappa shape index (κ1) is 21.7. The predicted octanol–water partition coefficient (Wildman–Crippen LogP) is 2.14. The topological polar surface area (TPSA) is 73.7 Å². The third kappa shape index (κ3) is 6.50. The van der Waals surface area contributed by atoms with Crippen LogP contribution < -0.4 is 10.2 Å². The Hall–Kier alpha value is -2.00. The Morgan fingerprint density at radius 3 is 2.62 bits per heavy atom. The minimum absolute atomic E-state index is 0.568. The molecule has 1 N–H and O–H groups in total. The van der Waals surface area contributed by atoms with Gasteiger partial charge in [-0.25, -0.2) is 4.98 Å². The zero-order chi connectivity index (χ0) is 20.5. The molecule has 1 aliphatic rings. The molecule has 0 bridgehead atoms. The van der Waals surface area contributed by atoms with Crippen molar-refractivity contribution in [1.29, 1.82) is 0 Å². The van der Waals surface area contributed by atoms with Crippen LogP contribution in [-0.4, -0.2) is 69.4 Å². The zero-order valence-electron chi connectivity index (χ0n) is 17.2. The van der Waals surface area contributed by atoms with Gasteiger partial charge >= 0.3 is 0 Å². The van der Waals surface area contributed by atoms with Crippen LogP contribution in [0.15, 0.2) is 35.3 Å². The fourth-order valence-electron chi connectivity index (χ4n) is 3.14. The molecule has 0 amide bonds. The van der Waals surface area contributed by atoms with Crippen LogP contribution in [0.3, 0.4) is 0 Å². The van der Waals surface area contributed by atoms with E-state index < -0.39 is 10.8 Å². The summed E-state index contributed by atoms with van der Waals surface area (Å²) in [7, 11) is -0.901.